The number of unbranched alkanes of at least 4 members (excludes halogenated alkanes) is 1. The van der Waals surface area contributed by atoms with Gasteiger partial charge in [0.15, 0.2) is 5.96 Å². The summed E-state index contributed by atoms with van der Waals surface area (Å²) in [7, 11) is 3.59. The number of methoxy groups -OCH3 is 1. The molecule has 1 aliphatic rings. The first-order chi connectivity index (χ1) is 10.8. The van der Waals surface area contributed by atoms with Crippen molar-refractivity contribution in [2.45, 2.75) is 38.6 Å². The van der Waals surface area contributed by atoms with Crippen molar-refractivity contribution >= 4 is 5.96 Å². The normalized spacial score (nSPS) is 19.6. The van der Waals surface area contributed by atoms with Crippen LogP contribution in [0, 0.1) is 0 Å². The Labute approximate surface area is 135 Å². The third kappa shape index (κ3) is 7.96. The van der Waals surface area contributed by atoms with Gasteiger partial charge < -0.3 is 20.1 Å². The lowest BCUT2D eigenvalue weighted by molar-refractivity contribution is 0.141. The molecule has 130 valence electrons. The van der Waals surface area contributed by atoms with Crippen molar-refractivity contribution in [1.29, 1.82) is 0 Å². The molecule has 1 unspecified atom stereocenters. The molecule has 0 aromatic heterocycles. The number of nitrogens with zero attached hydrogens (tertiary/aromatic N) is 2. The maximum absolute atomic E-state index is 5.34. The SMILES string of the molecule is CCOCCCCNC(=NC)NCC1CCCN1CCOC. The molecule has 22 heavy (non-hydrogen) atoms. The van der Waals surface area contributed by atoms with Gasteiger partial charge in [-0.15, -0.1) is 0 Å². The zero-order chi connectivity index (χ0) is 16.0. The van der Waals surface area contributed by atoms with Crippen LogP contribution in [0.25, 0.3) is 0 Å². The quantitative estimate of drug-likeness (QED) is 0.339. The van der Waals surface area contributed by atoms with Crippen molar-refractivity contribution in [1.82, 2.24) is 15.5 Å². The fraction of sp³-hybridized carbons (Fsp3) is 0.938. The largest absolute Gasteiger partial charge is 0.383 e. The van der Waals surface area contributed by atoms with E-state index >= 15 is 0 Å². The first kappa shape index (κ1) is 19.2. The average Bonchev–Trinajstić information content (AvgIpc) is 2.99. The molecule has 6 nitrogen and oxygen atoms in total. The summed E-state index contributed by atoms with van der Waals surface area (Å²) in [4.78, 5) is 6.80. The monoisotopic (exact) mass is 314 g/mol. The van der Waals surface area contributed by atoms with Crippen molar-refractivity contribution in [2.24, 2.45) is 4.99 Å². The van der Waals surface area contributed by atoms with Crippen LogP contribution in [0.15, 0.2) is 4.99 Å². The van der Waals surface area contributed by atoms with Gasteiger partial charge in [0.1, 0.15) is 0 Å². The van der Waals surface area contributed by atoms with E-state index in [9.17, 15) is 0 Å². The van der Waals surface area contributed by atoms with Crippen LogP contribution in [-0.2, 0) is 9.47 Å². The van der Waals surface area contributed by atoms with Gasteiger partial charge in [-0.05, 0) is 39.2 Å². The van der Waals surface area contributed by atoms with Crippen LogP contribution in [0.1, 0.15) is 32.6 Å². The smallest absolute Gasteiger partial charge is 0.191 e. The van der Waals surface area contributed by atoms with E-state index in [4.69, 9.17) is 9.47 Å². The number of hydrogen-bond donors (Lipinski definition) is 2. The Hall–Kier alpha value is -0.850. The molecule has 1 fully saturated rings. The number of nitrogens with one attached hydrogen (secondary N) is 2. The molecule has 0 aliphatic carbocycles. The Balaban J connectivity index is 2.14. The van der Waals surface area contributed by atoms with Gasteiger partial charge in [-0.3, -0.25) is 9.89 Å². The summed E-state index contributed by atoms with van der Waals surface area (Å²) < 4.78 is 10.5. The van der Waals surface area contributed by atoms with Gasteiger partial charge in [0.25, 0.3) is 0 Å². The van der Waals surface area contributed by atoms with Crippen LogP contribution in [0.4, 0.5) is 0 Å². The Bertz CT molecular complexity index is 300. The molecule has 6 heteroatoms. The molecule has 1 saturated heterocycles. The molecule has 1 aliphatic heterocycles. The van der Waals surface area contributed by atoms with Crippen molar-refractivity contribution in [2.75, 3.05) is 60.2 Å². The predicted molar refractivity (Wildman–Crippen MR) is 91.6 cm³/mol. The van der Waals surface area contributed by atoms with Gasteiger partial charge in [-0.25, -0.2) is 0 Å². The Morgan fingerprint density at radius 3 is 2.86 bits per heavy atom. The standard InChI is InChI=1S/C16H34N4O2/c1-4-22-12-6-5-9-18-16(17-2)19-14-15-8-7-10-20(15)11-13-21-3/h15H,4-14H2,1-3H3,(H2,17,18,19). The van der Waals surface area contributed by atoms with Crippen LogP contribution in [-0.4, -0.2) is 77.1 Å². The fourth-order valence-corrected chi connectivity index (χ4v) is 2.74. The van der Waals surface area contributed by atoms with Crippen LogP contribution in [0.5, 0.6) is 0 Å². The lowest BCUT2D eigenvalue weighted by atomic mass is 10.2. The Morgan fingerprint density at radius 2 is 2.14 bits per heavy atom. The number of ether oxygens (including phenoxy) is 2. The molecule has 0 aromatic carbocycles. The summed E-state index contributed by atoms with van der Waals surface area (Å²) in [5, 5.41) is 6.81. The molecular weight excluding hydrogens is 280 g/mol. The van der Waals surface area contributed by atoms with Gasteiger partial charge in [0.05, 0.1) is 6.61 Å². The highest BCUT2D eigenvalue weighted by Crippen LogP contribution is 2.15. The minimum absolute atomic E-state index is 0.589. The molecule has 1 atom stereocenters. The van der Waals surface area contributed by atoms with Gasteiger partial charge in [-0.1, -0.05) is 0 Å². The average molecular weight is 314 g/mol. The van der Waals surface area contributed by atoms with E-state index < -0.39 is 0 Å². The number of rotatable bonds is 11. The number of hydrogen-bond acceptors (Lipinski definition) is 4. The lowest BCUT2D eigenvalue weighted by Gasteiger charge is -2.25. The second kappa shape index (κ2) is 12.7. The zero-order valence-electron chi connectivity index (χ0n) is 14.6. The Kier molecular flexibility index (Phi) is 11.1. The van der Waals surface area contributed by atoms with Crippen molar-refractivity contribution in [3.8, 4) is 0 Å². The van der Waals surface area contributed by atoms with Gasteiger partial charge in [0, 0.05) is 53.0 Å². The molecular formula is C16H34N4O2. The first-order valence-corrected chi connectivity index (χ1v) is 8.57. The maximum Gasteiger partial charge on any atom is 0.191 e. The summed E-state index contributed by atoms with van der Waals surface area (Å²) in [6.45, 7) is 8.57. The maximum atomic E-state index is 5.34. The first-order valence-electron chi connectivity index (χ1n) is 8.57. The number of guanidine groups is 1. The van der Waals surface area contributed by atoms with Gasteiger partial charge in [-0.2, -0.15) is 0 Å². The van der Waals surface area contributed by atoms with Crippen LogP contribution in [0.2, 0.25) is 0 Å². The van der Waals surface area contributed by atoms with E-state index in [2.05, 4.69) is 20.5 Å². The summed E-state index contributed by atoms with van der Waals surface area (Å²) in [6.07, 6.45) is 4.72. The molecule has 0 saturated carbocycles. The lowest BCUT2D eigenvalue weighted by Crippen LogP contribution is -2.45. The minimum Gasteiger partial charge on any atom is -0.383 e. The molecule has 0 amide bonds. The molecule has 2 N–H and O–H groups in total. The number of aliphatic imine (C=N–C) groups is 1. The number of likely N-dealkylation sites (tertiary alicyclic amines) is 1. The van der Waals surface area contributed by atoms with Crippen molar-refractivity contribution in [3.63, 3.8) is 0 Å². The Morgan fingerprint density at radius 1 is 1.27 bits per heavy atom. The van der Waals surface area contributed by atoms with E-state index in [1.165, 1.54) is 19.4 Å². The van der Waals surface area contributed by atoms with Crippen molar-refractivity contribution < 1.29 is 9.47 Å². The summed E-state index contributed by atoms with van der Waals surface area (Å²) in [5.41, 5.74) is 0. The zero-order valence-corrected chi connectivity index (χ0v) is 14.6. The summed E-state index contributed by atoms with van der Waals surface area (Å²) in [5.74, 6) is 0.898. The highest BCUT2D eigenvalue weighted by molar-refractivity contribution is 5.79. The summed E-state index contributed by atoms with van der Waals surface area (Å²) in [6, 6.07) is 0.589. The van der Waals surface area contributed by atoms with Crippen LogP contribution in [0.3, 0.4) is 0 Å². The molecule has 0 bridgehead atoms. The van der Waals surface area contributed by atoms with Crippen LogP contribution >= 0.6 is 0 Å². The van der Waals surface area contributed by atoms with Gasteiger partial charge >= 0.3 is 0 Å². The second-order valence-electron chi connectivity index (χ2n) is 5.61. The molecule has 1 rings (SSSR count). The summed E-state index contributed by atoms with van der Waals surface area (Å²) >= 11 is 0. The fourth-order valence-electron chi connectivity index (χ4n) is 2.74. The van der Waals surface area contributed by atoms with Crippen molar-refractivity contribution in [3.05, 3.63) is 0 Å². The topological polar surface area (TPSA) is 58.1 Å². The highest BCUT2D eigenvalue weighted by atomic mass is 16.5. The van der Waals surface area contributed by atoms with E-state index in [0.29, 0.717) is 6.04 Å². The molecule has 0 radical (unpaired) electrons. The predicted octanol–water partition coefficient (Wildman–Crippen LogP) is 1.08. The van der Waals surface area contributed by atoms with E-state index in [1.54, 1.807) is 7.11 Å². The second-order valence-corrected chi connectivity index (χ2v) is 5.61. The highest BCUT2D eigenvalue weighted by Gasteiger charge is 2.23. The minimum atomic E-state index is 0.589. The molecule has 0 spiro atoms. The third-order valence-corrected chi connectivity index (χ3v) is 4.02. The van der Waals surface area contributed by atoms with Crippen LogP contribution < -0.4 is 10.6 Å². The molecule has 0 aromatic rings. The van der Waals surface area contributed by atoms with Gasteiger partial charge in [0.2, 0.25) is 0 Å². The van der Waals surface area contributed by atoms with E-state index in [1.807, 2.05) is 14.0 Å². The third-order valence-electron chi connectivity index (χ3n) is 4.02. The van der Waals surface area contributed by atoms with E-state index in [-0.39, 0.29) is 0 Å². The molecule has 1 heterocycles. The van der Waals surface area contributed by atoms with E-state index in [0.717, 1.165) is 58.3 Å².